The Balaban J connectivity index is 0.00000264. The second-order valence-electron chi connectivity index (χ2n) is 5.86. The maximum Gasteiger partial charge on any atom is 0.191 e. The van der Waals surface area contributed by atoms with Crippen molar-refractivity contribution in [2.45, 2.75) is 38.8 Å². The number of rotatable bonds is 5. The highest BCUT2D eigenvalue weighted by Gasteiger charge is 2.17. The standard InChI is InChI=1S/C17H27FN4.HI/c1-14-5-3-4-11-22(14)12-10-20-17(19-2)21-13-15-6-8-16(18)9-7-15;/h6-9,14H,3-5,10-13H2,1-2H3,(H2,19,20,21);1H. The topological polar surface area (TPSA) is 39.7 Å². The molecule has 0 bridgehead atoms. The molecule has 1 fully saturated rings. The third kappa shape index (κ3) is 7.03. The Morgan fingerprint density at radius 2 is 2.00 bits per heavy atom. The molecule has 6 heteroatoms. The zero-order valence-corrected chi connectivity index (χ0v) is 16.3. The van der Waals surface area contributed by atoms with Gasteiger partial charge in [-0.3, -0.25) is 9.89 Å². The molecule has 1 aromatic rings. The molecule has 0 aliphatic carbocycles. The lowest BCUT2D eigenvalue weighted by molar-refractivity contribution is 0.163. The van der Waals surface area contributed by atoms with E-state index in [0.29, 0.717) is 12.6 Å². The fourth-order valence-corrected chi connectivity index (χ4v) is 2.82. The fourth-order valence-electron chi connectivity index (χ4n) is 2.82. The highest BCUT2D eigenvalue weighted by atomic mass is 127. The van der Waals surface area contributed by atoms with Crippen molar-refractivity contribution in [3.05, 3.63) is 35.6 Å². The summed E-state index contributed by atoms with van der Waals surface area (Å²) < 4.78 is 12.9. The molecule has 0 amide bonds. The van der Waals surface area contributed by atoms with Crippen LogP contribution in [0, 0.1) is 5.82 Å². The van der Waals surface area contributed by atoms with Crippen LogP contribution in [0.2, 0.25) is 0 Å². The second-order valence-corrected chi connectivity index (χ2v) is 5.86. The quantitative estimate of drug-likeness (QED) is 0.425. The van der Waals surface area contributed by atoms with Gasteiger partial charge in [0, 0.05) is 32.7 Å². The van der Waals surface area contributed by atoms with E-state index in [0.717, 1.165) is 24.6 Å². The molecule has 2 N–H and O–H groups in total. The van der Waals surface area contributed by atoms with E-state index in [1.165, 1.54) is 37.9 Å². The van der Waals surface area contributed by atoms with Gasteiger partial charge in [0.25, 0.3) is 0 Å². The number of likely N-dealkylation sites (tertiary alicyclic amines) is 1. The van der Waals surface area contributed by atoms with Crippen molar-refractivity contribution < 1.29 is 4.39 Å². The van der Waals surface area contributed by atoms with Crippen LogP contribution in [0.15, 0.2) is 29.3 Å². The van der Waals surface area contributed by atoms with Gasteiger partial charge in [-0.25, -0.2) is 4.39 Å². The summed E-state index contributed by atoms with van der Waals surface area (Å²) in [6.45, 7) is 6.07. The predicted molar refractivity (Wildman–Crippen MR) is 105 cm³/mol. The van der Waals surface area contributed by atoms with Crippen LogP contribution >= 0.6 is 24.0 Å². The van der Waals surface area contributed by atoms with Crippen molar-refractivity contribution in [2.24, 2.45) is 4.99 Å². The van der Waals surface area contributed by atoms with E-state index in [-0.39, 0.29) is 29.8 Å². The maximum absolute atomic E-state index is 12.9. The zero-order chi connectivity index (χ0) is 15.8. The first-order valence-corrected chi connectivity index (χ1v) is 8.12. The van der Waals surface area contributed by atoms with E-state index >= 15 is 0 Å². The minimum Gasteiger partial charge on any atom is -0.355 e. The Morgan fingerprint density at radius 1 is 1.26 bits per heavy atom. The lowest BCUT2D eigenvalue weighted by Crippen LogP contribution is -2.45. The largest absolute Gasteiger partial charge is 0.355 e. The molecule has 1 saturated heterocycles. The van der Waals surface area contributed by atoms with Crippen molar-refractivity contribution in [2.75, 3.05) is 26.7 Å². The lowest BCUT2D eigenvalue weighted by atomic mass is 10.0. The van der Waals surface area contributed by atoms with Crippen LogP contribution < -0.4 is 10.6 Å². The molecule has 1 aromatic carbocycles. The highest BCUT2D eigenvalue weighted by Crippen LogP contribution is 2.15. The van der Waals surface area contributed by atoms with E-state index in [4.69, 9.17) is 0 Å². The number of nitrogens with one attached hydrogen (secondary N) is 2. The summed E-state index contributed by atoms with van der Waals surface area (Å²) in [7, 11) is 1.77. The summed E-state index contributed by atoms with van der Waals surface area (Å²) >= 11 is 0. The van der Waals surface area contributed by atoms with Gasteiger partial charge in [0.15, 0.2) is 5.96 Å². The summed E-state index contributed by atoms with van der Waals surface area (Å²) in [5.41, 5.74) is 1.04. The molecule has 0 spiro atoms. The van der Waals surface area contributed by atoms with Crippen LogP contribution in [0.1, 0.15) is 31.7 Å². The summed E-state index contributed by atoms with van der Waals surface area (Å²) in [5, 5.41) is 6.59. The van der Waals surface area contributed by atoms with Gasteiger partial charge in [-0.05, 0) is 44.0 Å². The molecule has 4 nitrogen and oxygen atoms in total. The molecule has 1 aliphatic rings. The van der Waals surface area contributed by atoms with Crippen molar-refractivity contribution >= 4 is 29.9 Å². The smallest absolute Gasteiger partial charge is 0.191 e. The van der Waals surface area contributed by atoms with Gasteiger partial charge in [0.2, 0.25) is 0 Å². The number of guanidine groups is 1. The van der Waals surface area contributed by atoms with E-state index in [1.54, 1.807) is 19.2 Å². The van der Waals surface area contributed by atoms with Crippen LogP contribution in [-0.4, -0.2) is 43.6 Å². The molecule has 130 valence electrons. The molecule has 1 heterocycles. The Morgan fingerprint density at radius 3 is 2.65 bits per heavy atom. The third-order valence-electron chi connectivity index (χ3n) is 4.23. The number of hydrogen-bond donors (Lipinski definition) is 2. The number of nitrogens with zero attached hydrogens (tertiary/aromatic N) is 2. The lowest BCUT2D eigenvalue weighted by Gasteiger charge is -2.33. The average molecular weight is 434 g/mol. The molecule has 2 rings (SSSR count). The van der Waals surface area contributed by atoms with E-state index in [1.807, 2.05) is 0 Å². The van der Waals surface area contributed by atoms with Gasteiger partial charge in [-0.2, -0.15) is 0 Å². The minimum absolute atomic E-state index is 0. The fraction of sp³-hybridized carbons (Fsp3) is 0.588. The minimum atomic E-state index is -0.207. The number of hydrogen-bond acceptors (Lipinski definition) is 2. The van der Waals surface area contributed by atoms with Gasteiger partial charge in [-0.15, -0.1) is 24.0 Å². The first-order valence-electron chi connectivity index (χ1n) is 8.12. The van der Waals surface area contributed by atoms with Crippen molar-refractivity contribution in [3.8, 4) is 0 Å². The molecule has 23 heavy (non-hydrogen) atoms. The van der Waals surface area contributed by atoms with Gasteiger partial charge < -0.3 is 10.6 Å². The van der Waals surface area contributed by atoms with Gasteiger partial charge in [-0.1, -0.05) is 18.6 Å². The van der Waals surface area contributed by atoms with Crippen molar-refractivity contribution in [1.82, 2.24) is 15.5 Å². The molecule has 1 atom stereocenters. The average Bonchev–Trinajstić information content (AvgIpc) is 2.54. The molecule has 1 aliphatic heterocycles. The Kier molecular flexibility index (Phi) is 9.47. The van der Waals surface area contributed by atoms with E-state index < -0.39 is 0 Å². The van der Waals surface area contributed by atoms with Crippen LogP contribution in [0.5, 0.6) is 0 Å². The van der Waals surface area contributed by atoms with Crippen molar-refractivity contribution in [1.29, 1.82) is 0 Å². The molecule has 0 saturated carbocycles. The van der Waals surface area contributed by atoms with E-state index in [9.17, 15) is 4.39 Å². The monoisotopic (exact) mass is 434 g/mol. The Bertz CT molecular complexity index is 478. The molecule has 0 radical (unpaired) electrons. The number of aliphatic imine (C=N–C) groups is 1. The summed E-state index contributed by atoms with van der Waals surface area (Å²) in [4.78, 5) is 6.76. The van der Waals surface area contributed by atoms with Gasteiger partial charge in [0.1, 0.15) is 5.82 Å². The maximum atomic E-state index is 12.9. The molecular weight excluding hydrogens is 406 g/mol. The van der Waals surface area contributed by atoms with Crippen LogP contribution in [-0.2, 0) is 6.54 Å². The second kappa shape index (κ2) is 10.8. The first kappa shape index (κ1) is 20.2. The van der Waals surface area contributed by atoms with Crippen LogP contribution in [0.25, 0.3) is 0 Å². The third-order valence-corrected chi connectivity index (χ3v) is 4.23. The first-order chi connectivity index (χ1) is 10.7. The Hall–Kier alpha value is -0.890. The molecule has 1 unspecified atom stereocenters. The van der Waals surface area contributed by atoms with Gasteiger partial charge in [0.05, 0.1) is 0 Å². The van der Waals surface area contributed by atoms with Crippen LogP contribution in [0.4, 0.5) is 4.39 Å². The number of halogens is 2. The van der Waals surface area contributed by atoms with Crippen molar-refractivity contribution in [3.63, 3.8) is 0 Å². The van der Waals surface area contributed by atoms with Crippen LogP contribution in [0.3, 0.4) is 0 Å². The predicted octanol–water partition coefficient (Wildman–Crippen LogP) is 2.98. The van der Waals surface area contributed by atoms with Gasteiger partial charge >= 0.3 is 0 Å². The normalized spacial score (nSPS) is 19.1. The summed E-state index contributed by atoms with van der Waals surface area (Å²) in [6, 6.07) is 7.20. The Labute approximate surface area is 156 Å². The summed E-state index contributed by atoms with van der Waals surface area (Å²) in [5.74, 6) is 0.580. The zero-order valence-electron chi connectivity index (χ0n) is 14.0. The molecular formula is C17H28FIN4. The SMILES string of the molecule is CN=C(NCCN1CCCCC1C)NCc1ccc(F)cc1.I. The molecule has 0 aromatic heterocycles. The number of piperidine rings is 1. The number of benzene rings is 1. The summed E-state index contributed by atoms with van der Waals surface area (Å²) in [6.07, 6.45) is 3.96. The van der Waals surface area contributed by atoms with E-state index in [2.05, 4.69) is 27.4 Å². The highest BCUT2D eigenvalue weighted by molar-refractivity contribution is 14.0.